The SMILES string of the molecule is CCC(CC)NCCN(C)CC1CCCOC1. The van der Waals surface area contributed by atoms with Crippen LogP contribution in [0.5, 0.6) is 0 Å². The number of hydrogen-bond donors (Lipinski definition) is 1. The quantitative estimate of drug-likeness (QED) is 0.705. The average molecular weight is 242 g/mol. The Morgan fingerprint density at radius 3 is 2.71 bits per heavy atom. The molecular weight excluding hydrogens is 212 g/mol. The summed E-state index contributed by atoms with van der Waals surface area (Å²) in [4.78, 5) is 2.44. The molecule has 3 heteroatoms. The molecule has 0 aromatic heterocycles. The monoisotopic (exact) mass is 242 g/mol. The van der Waals surface area contributed by atoms with E-state index in [0.717, 1.165) is 32.2 Å². The van der Waals surface area contributed by atoms with Gasteiger partial charge in [-0.05, 0) is 38.6 Å². The number of nitrogens with one attached hydrogen (secondary N) is 1. The van der Waals surface area contributed by atoms with E-state index in [9.17, 15) is 0 Å². The Balaban J connectivity index is 2.05. The van der Waals surface area contributed by atoms with Crippen molar-refractivity contribution in [2.45, 2.75) is 45.6 Å². The van der Waals surface area contributed by atoms with Gasteiger partial charge in [-0.25, -0.2) is 0 Å². The van der Waals surface area contributed by atoms with Gasteiger partial charge in [0.1, 0.15) is 0 Å². The molecule has 102 valence electrons. The standard InChI is InChI=1S/C14H30N2O/c1-4-14(5-2)15-8-9-16(3)11-13-7-6-10-17-12-13/h13-15H,4-12H2,1-3H3. The Labute approximate surface area is 107 Å². The third kappa shape index (κ3) is 6.39. The summed E-state index contributed by atoms with van der Waals surface area (Å²) in [5.41, 5.74) is 0. The smallest absolute Gasteiger partial charge is 0.0506 e. The van der Waals surface area contributed by atoms with E-state index in [4.69, 9.17) is 4.74 Å². The minimum atomic E-state index is 0.696. The molecule has 1 saturated heterocycles. The maximum Gasteiger partial charge on any atom is 0.0506 e. The molecule has 0 aliphatic carbocycles. The highest BCUT2D eigenvalue weighted by Crippen LogP contribution is 2.14. The molecule has 1 fully saturated rings. The van der Waals surface area contributed by atoms with Crippen LogP contribution in [0, 0.1) is 5.92 Å². The minimum Gasteiger partial charge on any atom is -0.381 e. The van der Waals surface area contributed by atoms with Crippen molar-refractivity contribution in [2.75, 3.05) is 39.9 Å². The fourth-order valence-electron chi connectivity index (χ4n) is 2.52. The number of nitrogens with zero attached hydrogens (tertiary/aromatic N) is 1. The van der Waals surface area contributed by atoms with Crippen LogP contribution in [0.3, 0.4) is 0 Å². The highest BCUT2D eigenvalue weighted by atomic mass is 16.5. The molecule has 0 spiro atoms. The second-order valence-electron chi connectivity index (χ2n) is 5.31. The zero-order valence-electron chi connectivity index (χ0n) is 11.9. The van der Waals surface area contributed by atoms with Crippen LogP contribution in [-0.4, -0.2) is 50.8 Å². The Morgan fingerprint density at radius 2 is 2.12 bits per heavy atom. The summed E-state index contributed by atoms with van der Waals surface area (Å²) in [6.07, 6.45) is 5.04. The van der Waals surface area contributed by atoms with Crippen LogP contribution in [0.4, 0.5) is 0 Å². The van der Waals surface area contributed by atoms with Gasteiger partial charge in [0.25, 0.3) is 0 Å². The van der Waals surface area contributed by atoms with Crippen molar-refractivity contribution in [1.29, 1.82) is 0 Å². The highest BCUT2D eigenvalue weighted by molar-refractivity contribution is 4.69. The molecule has 1 rings (SSSR count). The Hall–Kier alpha value is -0.120. The van der Waals surface area contributed by atoms with Gasteiger partial charge in [0.05, 0.1) is 6.61 Å². The maximum absolute atomic E-state index is 5.52. The first-order valence-corrected chi connectivity index (χ1v) is 7.25. The average Bonchev–Trinajstić information content (AvgIpc) is 2.36. The molecule has 17 heavy (non-hydrogen) atoms. The lowest BCUT2D eigenvalue weighted by Crippen LogP contribution is -2.38. The van der Waals surface area contributed by atoms with Gasteiger partial charge in [-0.2, -0.15) is 0 Å². The molecular formula is C14H30N2O. The zero-order valence-corrected chi connectivity index (χ0v) is 11.9. The van der Waals surface area contributed by atoms with Crippen molar-refractivity contribution in [3.8, 4) is 0 Å². The van der Waals surface area contributed by atoms with Crippen LogP contribution in [-0.2, 0) is 4.74 Å². The topological polar surface area (TPSA) is 24.5 Å². The van der Waals surface area contributed by atoms with Crippen molar-refractivity contribution >= 4 is 0 Å². The highest BCUT2D eigenvalue weighted by Gasteiger charge is 2.15. The van der Waals surface area contributed by atoms with Crippen molar-refractivity contribution < 1.29 is 4.74 Å². The third-order valence-corrected chi connectivity index (χ3v) is 3.74. The second-order valence-corrected chi connectivity index (χ2v) is 5.31. The first-order chi connectivity index (χ1) is 8.26. The van der Waals surface area contributed by atoms with E-state index in [1.54, 1.807) is 0 Å². The van der Waals surface area contributed by atoms with Crippen molar-refractivity contribution in [1.82, 2.24) is 10.2 Å². The third-order valence-electron chi connectivity index (χ3n) is 3.74. The predicted octanol–water partition coefficient (Wildman–Crippen LogP) is 2.12. The van der Waals surface area contributed by atoms with E-state index in [1.165, 1.54) is 32.2 Å². The van der Waals surface area contributed by atoms with E-state index < -0.39 is 0 Å². The molecule has 1 aliphatic heterocycles. The van der Waals surface area contributed by atoms with E-state index >= 15 is 0 Å². The number of rotatable bonds is 8. The van der Waals surface area contributed by atoms with Crippen molar-refractivity contribution in [3.05, 3.63) is 0 Å². The predicted molar refractivity (Wildman–Crippen MR) is 73.4 cm³/mol. The van der Waals surface area contributed by atoms with E-state index in [0.29, 0.717) is 6.04 Å². The molecule has 0 amide bonds. The van der Waals surface area contributed by atoms with Crippen LogP contribution in [0.25, 0.3) is 0 Å². The molecule has 1 heterocycles. The van der Waals surface area contributed by atoms with Crippen LogP contribution < -0.4 is 5.32 Å². The number of likely N-dealkylation sites (N-methyl/N-ethyl adjacent to an activating group) is 1. The van der Waals surface area contributed by atoms with Crippen LogP contribution in [0.2, 0.25) is 0 Å². The fourth-order valence-corrected chi connectivity index (χ4v) is 2.52. The Bertz CT molecular complexity index is 177. The summed E-state index contributed by atoms with van der Waals surface area (Å²) >= 11 is 0. The molecule has 0 bridgehead atoms. The van der Waals surface area contributed by atoms with Crippen molar-refractivity contribution in [2.24, 2.45) is 5.92 Å². The molecule has 0 radical (unpaired) electrons. The van der Waals surface area contributed by atoms with Gasteiger partial charge in [0.15, 0.2) is 0 Å². The van der Waals surface area contributed by atoms with Crippen LogP contribution in [0.15, 0.2) is 0 Å². The first-order valence-electron chi connectivity index (χ1n) is 7.25. The fraction of sp³-hybridized carbons (Fsp3) is 1.00. The Morgan fingerprint density at radius 1 is 1.35 bits per heavy atom. The van der Waals surface area contributed by atoms with Gasteiger partial charge in [-0.3, -0.25) is 0 Å². The van der Waals surface area contributed by atoms with Gasteiger partial charge in [0, 0.05) is 32.3 Å². The van der Waals surface area contributed by atoms with Gasteiger partial charge >= 0.3 is 0 Å². The largest absolute Gasteiger partial charge is 0.381 e. The summed E-state index contributed by atoms with van der Waals surface area (Å²) in [7, 11) is 2.23. The second kappa shape index (κ2) is 8.90. The molecule has 3 nitrogen and oxygen atoms in total. The van der Waals surface area contributed by atoms with E-state index in [2.05, 4.69) is 31.1 Å². The number of ether oxygens (including phenoxy) is 1. The van der Waals surface area contributed by atoms with Gasteiger partial charge in [0.2, 0.25) is 0 Å². The molecule has 0 saturated carbocycles. The lowest BCUT2D eigenvalue weighted by atomic mass is 10.0. The maximum atomic E-state index is 5.52. The van der Waals surface area contributed by atoms with Crippen LogP contribution in [0.1, 0.15) is 39.5 Å². The molecule has 1 aliphatic rings. The zero-order chi connectivity index (χ0) is 12.5. The van der Waals surface area contributed by atoms with Crippen LogP contribution >= 0.6 is 0 Å². The lowest BCUT2D eigenvalue weighted by Gasteiger charge is -2.27. The Kier molecular flexibility index (Phi) is 7.82. The summed E-state index contributed by atoms with van der Waals surface area (Å²) in [6.45, 7) is 9.88. The minimum absolute atomic E-state index is 0.696. The summed E-state index contributed by atoms with van der Waals surface area (Å²) in [5.74, 6) is 0.752. The summed E-state index contributed by atoms with van der Waals surface area (Å²) in [5, 5.41) is 3.61. The van der Waals surface area contributed by atoms with E-state index in [1.807, 2.05) is 0 Å². The lowest BCUT2D eigenvalue weighted by molar-refractivity contribution is 0.0421. The van der Waals surface area contributed by atoms with Gasteiger partial charge in [-0.15, -0.1) is 0 Å². The first kappa shape index (κ1) is 14.9. The van der Waals surface area contributed by atoms with E-state index in [-0.39, 0.29) is 0 Å². The molecule has 1 atom stereocenters. The number of hydrogen-bond acceptors (Lipinski definition) is 3. The molecule has 0 aromatic carbocycles. The molecule has 0 aromatic rings. The summed E-state index contributed by atoms with van der Waals surface area (Å²) < 4.78 is 5.52. The molecule has 1 unspecified atom stereocenters. The van der Waals surface area contributed by atoms with Crippen molar-refractivity contribution in [3.63, 3.8) is 0 Å². The van der Waals surface area contributed by atoms with Gasteiger partial charge < -0.3 is 15.0 Å². The summed E-state index contributed by atoms with van der Waals surface area (Å²) in [6, 6.07) is 0.696. The molecule has 1 N–H and O–H groups in total. The normalized spacial score (nSPS) is 21.4. The van der Waals surface area contributed by atoms with Gasteiger partial charge in [-0.1, -0.05) is 13.8 Å².